The first-order chi connectivity index (χ1) is 9.47. The summed E-state index contributed by atoms with van der Waals surface area (Å²) in [4.78, 5) is 1.32. The molecule has 0 saturated heterocycles. The molecule has 0 fully saturated rings. The van der Waals surface area contributed by atoms with Gasteiger partial charge in [-0.1, -0.05) is 47.5 Å². The molecule has 2 atom stereocenters. The predicted octanol–water partition coefficient (Wildman–Crippen LogP) is 4.79. The van der Waals surface area contributed by atoms with Gasteiger partial charge in [-0.2, -0.15) is 0 Å². The fraction of sp³-hybridized carbons (Fsp3) is 0.333. The molecular formula is C18H23NS. The van der Waals surface area contributed by atoms with Crippen LogP contribution in [-0.2, 0) is 0 Å². The van der Waals surface area contributed by atoms with Gasteiger partial charge in [0.2, 0.25) is 0 Å². The molecular weight excluding hydrogens is 262 g/mol. The number of benzene rings is 2. The van der Waals surface area contributed by atoms with Gasteiger partial charge in [0.15, 0.2) is 0 Å². The third-order valence-electron chi connectivity index (χ3n) is 3.47. The van der Waals surface area contributed by atoms with Crippen molar-refractivity contribution in [3.8, 4) is 0 Å². The summed E-state index contributed by atoms with van der Waals surface area (Å²) >= 11 is 1.87. The minimum Gasteiger partial charge on any atom is -0.327 e. The minimum atomic E-state index is 0.114. The molecule has 0 bridgehead atoms. The lowest BCUT2D eigenvalue weighted by Gasteiger charge is -2.22. The molecule has 0 heterocycles. The predicted molar refractivity (Wildman–Crippen MR) is 89.3 cm³/mol. The summed E-state index contributed by atoms with van der Waals surface area (Å²) in [6.45, 7) is 8.50. The van der Waals surface area contributed by atoms with Gasteiger partial charge in [0, 0.05) is 16.2 Å². The summed E-state index contributed by atoms with van der Waals surface area (Å²) in [5.74, 6) is 0. The maximum Gasteiger partial charge on any atom is 0.0492 e. The molecule has 2 unspecified atom stereocenters. The molecule has 0 aliphatic carbocycles. The van der Waals surface area contributed by atoms with Crippen molar-refractivity contribution in [2.45, 2.75) is 43.9 Å². The average molecular weight is 285 g/mol. The Morgan fingerprint density at radius 2 is 1.50 bits per heavy atom. The van der Waals surface area contributed by atoms with E-state index in [0.29, 0.717) is 0 Å². The fourth-order valence-corrected chi connectivity index (χ4v) is 3.48. The zero-order chi connectivity index (χ0) is 14.7. The van der Waals surface area contributed by atoms with Crippen LogP contribution in [0.2, 0.25) is 0 Å². The van der Waals surface area contributed by atoms with Crippen LogP contribution in [0.1, 0.15) is 34.4 Å². The van der Waals surface area contributed by atoms with Gasteiger partial charge < -0.3 is 5.73 Å². The van der Waals surface area contributed by atoms with Crippen molar-refractivity contribution in [2.75, 3.05) is 0 Å². The molecule has 2 aromatic rings. The summed E-state index contributed by atoms with van der Waals surface area (Å²) in [5, 5.41) is 0.289. The van der Waals surface area contributed by atoms with E-state index in [4.69, 9.17) is 5.73 Å². The molecule has 1 nitrogen and oxygen atoms in total. The van der Waals surface area contributed by atoms with Crippen LogP contribution in [0.15, 0.2) is 47.4 Å². The van der Waals surface area contributed by atoms with Crippen LogP contribution >= 0.6 is 11.8 Å². The summed E-state index contributed by atoms with van der Waals surface area (Å²) in [7, 11) is 0. The Morgan fingerprint density at radius 1 is 0.900 bits per heavy atom. The number of nitrogens with two attached hydrogens (primary N) is 1. The summed E-state index contributed by atoms with van der Waals surface area (Å²) in [6, 6.07) is 15.4. The zero-order valence-corrected chi connectivity index (χ0v) is 13.5. The molecule has 2 aromatic carbocycles. The highest BCUT2D eigenvalue weighted by atomic mass is 32.2. The van der Waals surface area contributed by atoms with Gasteiger partial charge in [0.1, 0.15) is 0 Å². The van der Waals surface area contributed by atoms with Gasteiger partial charge in [-0.15, -0.1) is 11.8 Å². The highest BCUT2D eigenvalue weighted by Crippen LogP contribution is 2.38. The Balaban J connectivity index is 2.28. The van der Waals surface area contributed by atoms with Crippen molar-refractivity contribution in [1.82, 2.24) is 0 Å². The molecule has 2 rings (SSSR count). The van der Waals surface area contributed by atoms with Crippen LogP contribution in [0.5, 0.6) is 0 Å². The second-order valence-corrected chi connectivity index (χ2v) is 6.76. The van der Waals surface area contributed by atoms with Crippen molar-refractivity contribution >= 4 is 11.8 Å². The van der Waals surface area contributed by atoms with Crippen LogP contribution < -0.4 is 5.73 Å². The van der Waals surface area contributed by atoms with Gasteiger partial charge in [0.25, 0.3) is 0 Å². The van der Waals surface area contributed by atoms with E-state index in [-0.39, 0.29) is 11.3 Å². The third kappa shape index (κ3) is 3.65. The van der Waals surface area contributed by atoms with Crippen LogP contribution in [0.4, 0.5) is 0 Å². The number of aryl methyl sites for hydroxylation is 3. The lowest BCUT2D eigenvalue weighted by molar-refractivity contribution is 0.721. The van der Waals surface area contributed by atoms with Gasteiger partial charge in [-0.3, -0.25) is 0 Å². The van der Waals surface area contributed by atoms with Crippen molar-refractivity contribution in [3.05, 3.63) is 64.7 Å². The first-order valence-electron chi connectivity index (χ1n) is 7.03. The van der Waals surface area contributed by atoms with E-state index in [2.05, 4.69) is 70.2 Å². The number of hydrogen-bond donors (Lipinski definition) is 1. The minimum absolute atomic E-state index is 0.114. The maximum absolute atomic E-state index is 6.21. The van der Waals surface area contributed by atoms with Crippen molar-refractivity contribution in [2.24, 2.45) is 5.73 Å². The zero-order valence-electron chi connectivity index (χ0n) is 12.7. The first kappa shape index (κ1) is 15.1. The largest absolute Gasteiger partial charge is 0.327 e. The fourth-order valence-electron chi connectivity index (χ4n) is 2.30. The van der Waals surface area contributed by atoms with Crippen LogP contribution in [0, 0.1) is 20.8 Å². The van der Waals surface area contributed by atoms with Gasteiger partial charge in [0.05, 0.1) is 0 Å². The molecule has 0 aromatic heterocycles. The summed E-state index contributed by atoms with van der Waals surface area (Å²) < 4.78 is 0. The van der Waals surface area contributed by atoms with Gasteiger partial charge in [-0.25, -0.2) is 0 Å². The van der Waals surface area contributed by atoms with E-state index < -0.39 is 0 Å². The molecule has 2 N–H and O–H groups in total. The van der Waals surface area contributed by atoms with Crippen molar-refractivity contribution in [3.63, 3.8) is 0 Å². The van der Waals surface area contributed by atoms with E-state index in [9.17, 15) is 0 Å². The van der Waals surface area contributed by atoms with E-state index in [1.807, 2.05) is 11.8 Å². The van der Waals surface area contributed by atoms with E-state index in [0.717, 1.165) is 0 Å². The Morgan fingerprint density at radius 3 is 2.05 bits per heavy atom. The molecule has 0 amide bonds. The summed E-state index contributed by atoms with van der Waals surface area (Å²) in [6.07, 6.45) is 0. The quantitative estimate of drug-likeness (QED) is 0.817. The summed E-state index contributed by atoms with van der Waals surface area (Å²) in [5.41, 5.74) is 11.4. The second kappa shape index (κ2) is 6.47. The second-order valence-electron chi connectivity index (χ2n) is 5.58. The molecule has 106 valence electrons. The molecule has 20 heavy (non-hydrogen) atoms. The van der Waals surface area contributed by atoms with E-state index in [1.165, 1.54) is 27.1 Å². The lowest BCUT2D eigenvalue weighted by atomic mass is 10.1. The monoisotopic (exact) mass is 285 g/mol. The Bertz CT molecular complexity index is 572. The highest BCUT2D eigenvalue weighted by Gasteiger charge is 2.18. The Hall–Kier alpha value is -1.25. The van der Waals surface area contributed by atoms with E-state index >= 15 is 0 Å². The molecule has 0 radical (unpaired) electrons. The van der Waals surface area contributed by atoms with Gasteiger partial charge >= 0.3 is 0 Å². The molecule has 0 spiro atoms. The standard InChI is InChI=1S/C18H23NS/c1-12-5-8-16(9-6-12)18(15(4)19)20-17-10-7-13(2)11-14(17)3/h5-11,15,18H,19H2,1-4H3. The van der Waals surface area contributed by atoms with E-state index in [1.54, 1.807) is 0 Å². The Labute approximate surface area is 126 Å². The van der Waals surface area contributed by atoms with Crippen molar-refractivity contribution < 1.29 is 0 Å². The number of hydrogen-bond acceptors (Lipinski definition) is 2. The average Bonchev–Trinajstić information content (AvgIpc) is 2.39. The normalized spacial score (nSPS) is 14.1. The number of rotatable bonds is 4. The van der Waals surface area contributed by atoms with Crippen LogP contribution in [0.3, 0.4) is 0 Å². The molecule has 2 heteroatoms. The smallest absolute Gasteiger partial charge is 0.0492 e. The molecule has 0 aliphatic heterocycles. The SMILES string of the molecule is Cc1ccc(C(Sc2ccc(C)cc2C)C(C)N)cc1. The topological polar surface area (TPSA) is 26.0 Å². The van der Waals surface area contributed by atoms with Gasteiger partial charge in [-0.05, 0) is 44.9 Å². The Kier molecular flexibility index (Phi) is 4.90. The first-order valence-corrected chi connectivity index (χ1v) is 7.91. The molecule has 0 aliphatic rings. The maximum atomic E-state index is 6.21. The van der Waals surface area contributed by atoms with Crippen molar-refractivity contribution in [1.29, 1.82) is 0 Å². The van der Waals surface area contributed by atoms with Crippen LogP contribution in [-0.4, -0.2) is 6.04 Å². The lowest BCUT2D eigenvalue weighted by Crippen LogP contribution is -2.22. The number of thioether (sulfide) groups is 1. The van der Waals surface area contributed by atoms with Crippen LogP contribution in [0.25, 0.3) is 0 Å². The molecule has 0 saturated carbocycles. The highest BCUT2D eigenvalue weighted by molar-refractivity contribution is 7.99. The third-order valence-corrected chi connectivity index (χ3v) is 5.14.